The molecule has 0 aliphatic rings. The first-order valence-corrected chi connectivity index (χ1v) is 6.06. The molecule has 0 radical (unpaired) electrons. The topological polar surface area (TPSA) is 28.7 Å². The third kappa shape index (κ3) is 2.68. The maximum absolute atomic E-state index is 6.04. The molecule has 1 aromatic heterocycles. The number of hydrogen-bond acceptors (Lipinski definition) is 2. The van der Waals surface area contributed by atoms with Crippen LogP contribution in [-0.2, 0) is 5.75 Å². The minimum Gasteiger partial charge on any atom is -0.340 e. The molecule has 0 atom stereocenters. The molecule has 1 N–H and O–H groups in total. The highest BCUT2D eigenvalue weighted by Crippen LogP contribution is 2.29. The molecule has 0 unspecified atom stereocenters. The van der Waals surface area contributed by atoms with Crippen molar-refractivity contribution in [2.75, 3.05) is 0 Å². The van der Waals surface area contributed by atoms with Gasteiger partial charge < -0.3 is 4.98 Å². The number of imidazole rings is 1. The van der Waals surface area contributed by atoms with Crippen LogP contribution in [0.3, 0.4) is 0 Å². The average molecular weight is 259 g/mol. The fourth-order valence-corrected chi connectivity index (χ4v) is 2.71. The molecule has 0 spiro atoms. The first-order valence-electron chi connectivity index (χ1n) is 4.32. The summed E-state index contributed by atoms with van der Waals surface area (Å²) in [6.07, 6.45) is 3.51. The molecule has 2 rings (SSSR count). The van der Waals surface area contributed by atoms with Crippen molar-refractivity contribution in [1.29, 1.82) is 0 Å². The van der Waals surface area contributed by atoms with Gasteiger partial charge in [-0.25, -0.2) is 4.98 Å². The van der Waals surface area contributed by atoms with Crippen LogP contribution in [0.25, 0.3) is 0 Å². The number of thioether (sulfide) groups is 1. The van der Waals surface area contributed by atoms with Crippen molar-refractivity contribution in [3.05, 3.63) is 46.2 Å². The third-order valence-electron chi connectivity index (χ3n) is 1.89. The highest BCUT2D eigenvalue weighted by atomic mass is 35.5. The number of halogens is 2. The Morgan fingerprint density at radius 1 is 1.27 bits per heavy atom. The van der Waals surface area contributed by atoms with E-state index in [0.717, 1.165) is 10.7 Å². The summed E-state index contributed by atoms with van der Waals surface area (Å²) in [6.45, 7) is 0. The highest BCUT2D eigenvalue weighted by Gasteiger charge is 2.06. The van der Waals surface area contributed by atoms with Gasteiger partial charge in [0, 0.05) is 28.2 Å². The van der Waals surface area contributed by atoms with E-state index in [1.54, 1.807) is 24.2 Å². The van der Waals surface area contributed by atoms with Gasteiger partial charge >= 0.3 is 0 Å². The van der Waals surface area contributed by atoms with Gasteiger partial charge in [0.1, 0.15) is 0 Å². The maximum Gasteiger partial charge on any atom is 0.165 e. The van der Waals surface area contributed by atoms with Gasteiger partial charge in [0.05, 0.1) is 0 Å². The number of rotatable bonds is 3. The van der Waals surface area contributed by atoms with Crippen LogP contribution < -0.4 is 0 Å². The van der Waals surface area contributed by atoms with E-state index >= 15 is 0 Å². The smallest absolute Gasteiger partial charge is 0.165 e. The Labute approximate surface area is 102 Å². The van der Waals surface area contributed by atoms with Crippen LogP contribution in [0.4, 0.5) is 0 Å². The van der Waals surface area contributed by atoms with E-state index in [0.29, 0.717) is 15.8 Å². The van der Waals surface area contributed by atoms with Crippen molar-refractivity contribution in [3.8, 4) is 0 Å². The van der Waals surface area contributed by atoms with Crippen molar-refractivity contribution in [2.24, 2.45) is 0 Å². The first-order chi connectivity index (χ1) is 7.27. The van der Waals surface area contributed by atoms with E-state index < -0.39 is 0 Å². The van der Waals surface area contributed by atoms with E-state index in [4.69, 9.17) is 23.2 Å². The summed E-state index contributed by atoms with van der Waals surface area (Å²) in [4.78, 5) is 7.12. The van der Waals surface area contributed by atoms with Crippen molar-refractivity contribution in [2.45, 2.75) is 10.9 Å². The van der Waals surface area contributed by atoms with Crippen LogP contribution in [0.5, 0.6) is 0 Å². The van der Waals surface area contributed by atoms with Gasteiger partial charge in [-0.05, 0) is 17.7 Å². The standard InChI is InChI=1S/C10H8Cl2N2S/c11-8-2-1-3-9(12)7(8)6-15-10-13-4-5-14-10/h1-5H,6H2,(H,13,14). The number of aromatic amines is 1. The van der Waals surface area contributed by atoms with Crippen LogP contribution >= 0.6 is 35.0 Å². The molecular weight excluding hydrogens is 251 g/mol. The van der Waals surface area contributed by atoms with Gasteiger partial charge in [-0.3, -0.25) is 0 Å². The summed E-state index contributed by atoms with van der Waals surface area (Å²) in [6, 6.07) is 5.52. The lowest BCUT2D eigenvalue weighted by atomic mass is 10.2. The molecule has 0 saturated heterocycles. The highest BCUT2D eigenvalue weighted by molar-refractivity contribution is 7.98. The molecule has 0 saturated carbocycles. The first kappa shape index (κ1) is 10.9. The summed E-state index contributed by atoms with van der Waals surface area (Å²) >= 11 is 13.7. The molecule has 0 amide bonds. The second-order valence-corrected chi connectivity index (χ2v) is 4.66. The van der Waals surface area contributed by atoms with Gasteiger partial charge in [0.15, 0.2) is 5.16 Å². The Morgan fingerprint density at radius 3 is 2.60 bits per heavy atom. The molecule has 2 aromatic rings. The van der Waals surface area contributed by atoms with Crippen LogP contribution in [-0.4, -0.2) is 9.97 Å². The molecule has 2 nitrogen and oxygen atoms in total. The van der Waals surface area contributed by atoms with Gasteiger partial charge in [0.2, 0.25) is 0 Å². The average Bonchev–Trinajstić information content (AvgIpc) is 2.70. The Hall–Kier alpha value is -0.640. The number of nitrogens with zero attached hydrogens (tertiary/aromatic N) is 1. The van der Waals surface area contributed by atoms with Crippen LogP contribution in [0.15, 0.2) is 35.7 Å². The Bertz CT molecular complexity index is 422. The lowest BCUT2D eigenvalue weighted by Crippen LogP contribution is -1.85. The molecule has 0 fully saturated rings. The molecular formula is C10H8Cl2N2S. The maximum atomic E-state index is 6.04. The normalized spacial score (nSPS) is 10.5. The summed E-state index contributed by atoms with van der Waals surface area (Å²) in [5, 5.41) is 2.26. The number of hydrogen-bond donors (Lipinski definition) is 1. The molecule has 1 heterocycles. The Balaban J connectivity index is 2.11. The lowest BCUT2D eigenvalue weighted by Gasteiger charge is -2.04. The molecule has 0 aliphatic carbocycles. The van der Waals surface area contributed by atoms with E-state index in [2.05, 4.69) is 9.97 Å². The molecule has 78 valence electrons. The van der Waals surface area contributed by atoms with E-state index in [1.165, 1.54) is 0 Å². The fraction of sp³-hybridized carbons (Fsp3) is 0.100. The zero-order valence-corrected chi connectivity index (χ0v) is 10.0. The van der Waals surface area contributed by atoms with Gasteiger partial charge in [0.25, 0.3) is 0 Å². The third-order valence-corrected chi connectivity index (χ3v) is 3.53. The van der Waals surface area contributed by atoms with Crippen molar-refractivity contribution in [1.82, 2.24) is 9.97 Å². The van der Waals surface area contributed by atoms with Gasteiger partial charge in [-0.15, -0.1) is 0 Å². The van der Waals surface area contributed by atoms with Crippen molar-refractivity contribution < 1.29 is 0 Å². The quantitative estimate of drug-likeness (QED) is 0.843. The molecule has 1 aromatic carbocycles. The van der Waals surface area contributed by atoms with Crippen molar-refractivity contribution in [3.63, 3.8) is 0 Å². The number of nitrogens with one attached hydrogen (secondary N) is 1. The summed E-state index contributed by atoms with van der Waals surface area (Å²) in [5.41, 5.74) is 0.947. The zero-order chi connectivity index (χ0) is 10.7. The van der Waals surface area contributed by atoms with Gasteiger partial charge in [-0.1, -0.05) is 41.0 Å². The van der Waals surface area contributed by atoms with Crippen molar-refractivity contribution >= 4 is 35.0 Å². The fourth-order valence-electron chi connectivity index (χ4n) is 1.14. The number of benzene rings is 1. The summed E-state index contributed by atoms with van der Waals surface area (Å²) in [5.74, 6) is 0.714. The zero-order valence-electron chi connectivity index (χ0n) is 7.71. The second kappa shape index (κ2) is 4.92. The Morgan fingerprint density at radius 2 is 2.00 bits per heavy atom. The molecule has 15 heavy (non-hydrogen) atoms. The molecule has 0 aliphatic heterocycles. The summed E-state index contributed by atoms with van der Waals surface area (Å²) in [7, 11) is 0. The second-order valence-electron chi connectivity index (χ2n) is 2.88. The largest absolute Gasteiger partial charge is 0.340 e. The van der Waals surface area contributed by atoms with E-state index in [9.17, 15) is 0 Å². The SMILES string of the molecule is Clc1cccc(Cl)c1CSc1ncc[nH]1. The minimum absolute atomic E-state index is 0.696. The summed E-state index contributed by atoms with van der Waals surface area (Å²) < 4.78 is 0. The van der Waals surface area contributed by atoms with Crippen LogP contribution in [0, 0.1) is 0 Å². The molecule has 5 heteroatoms. The monoisotopic (exact) mass is 258 g/mol. The van der Waals surface area contributed by atoms with E-state index in [1.807, 2.05) is 18.2 Å². The number of H-pyrrole nitrogens is 1. The van der Waals surface area contributed by atoms with Gasteiger partial charge in [-0.2, -0.15) is 0 Å². The predicted molar refractivity (Wildman–Crippen MR) is 64.6 cm³/mol. The Kier molecular flexibility index (Phi) is 3.57. The number of aromatic nitrogens is 2. The lowest BCUT2D eigenvalue weighted by molar-refractivity contribution is 1.06. The van der Waals surface area contributed by atoms with Crippen LogP contribution in [0.2, 0.25) is 10.0 Å². The van der Waals surface area contributed by atoms with E-state index in [-0.39, 0.29) is 0 Å². The predicted octanol–water partition coefficient (Wildman–Crippen LogP) is 4.01. The van der Waals surface area contributed by atoms with Crippen LogP contribution in [0.1, 0.15) is 5.56 Å². The molecule has 0 bridgehead atoms. The minimum atomic E-state index is 0.696.